The average Bonchev–Trinajstić information content (AvgIpc) is 2.81. The zero-order valence-corrected chi connectivity index (χ0v) is 18.9. The van der Waals surface area contributed by atoms with Crippen molar-refractivity contribution >= 4 is 18.5 Å². The lowest BCUT2D eigenvalue weighted by molar-refractivity contribution is 0.244. The number of allylic oxidation sites excluding steroid dienone is 1. The van der Waals surface area contributed by atoms with Crippen molar-refractivity contribution < 1.29 is 0 Å². The molecule has 2 heterocycles. The number of nitrogens with zero attached hydrogens (tertiary/aromatic N) is 6. The van der Waals surface area contributed by atoms with Gasteiger partial charge < -0.3 is 10.2 Å². The quantitative estimate of drug-likeness (QED) is 0.543. The minimum atomic E-state index is 0.251. The van der Waals surface area contributed by atoms with Gasteiger partial charge in [-0.2, -0.15) is 5.26 Å². The van der Waals surface area contributed by atoms with Crippen molar-refractivity contribution in [1.29, 1.82) is 5.26 Å². The molecule has 0 spiro atoms. The first kappa shape index (κ1) is 22.9. The molecular weight excluding hydrogens is 386 g/mol. The van der Waals surface area contributed by atoms with E-state index in [0.717, 1.165) is 74.8 Å². The van der Waals surface area contributed by atoms with E-state index in [1.165, 1.54) is 17.2 Å². The Balaban J connectivity index is 1.79. The topological polar surface area (TPSA) is 79.9 Å². The number of hydrogen-bond acceptors (Lipinski definition) is 7. The van der Waals surface area contributed by atoms with Gasteiger partial charge in [0.05, 0.1) is 23.5 Å². The van der Waals surface area contributed by atoms with Crippen LogP contribution in [0.5, 0.6) is 0 Å². The normalized spacial score (nSPS) is 20.1. The van der Waals surface area contributed by atoms with Crippen molar-refractivity contribution in [3.63, 3.8) is 0 Å². The predicted octanol–water partition coefficient (Wildman–Crippen LogP) is 2.75. The lowest BCUT2D eigenvalue weighted by Gasteiger charge is -2.33. The van der Waals surface area contributed by atoms with Crippen molar-refractivity contribution in [3.05, 3.63) is 46.6 Å². The molecule has 1 saturated heterocycles. The van der Waals surface area contributed by atoms with E-state index in [4.69, 9.17) is 10.2 Å². The van der Waals surface area contributed by atoms with Crippen LogP contribution in [0.3, 0.4) is 0 Å². The molecule has 0 radical (unpaired) electrons. The van der Waals surface area contributed by atoms with Crippen molar-refractivity contribution in [3.8, 4) is 6.07 Å². The summed E-state index contributed by atoms with van der Waals surface area (Å²) < 4.78 is 0. The van der Waals surface area contributed by atoms with Crippen LogP contribution in [0.4, 0.5) is 0 Å². The Bertz CT molecular complexity index is 917. The van der Waals surface area contributed by atoms with Gasteiger partial charge in [-0.3, -0.25) is 14.9 Å². The molecule has 7 heteroatoms. The first-order chi connectivity index (χ1) is 15.1. The van der Waals surface area contributed by atoms with Gasteiger partial charge in [-0.15, -0.1) is 0 Å². The number of pyridine rings is 1. The van der Waals surface area contributed by atoms with Crippen LogP contribution in [0.25, 0.3) is 6.08 Å². The largest absolute Gasteiger partial charge is 0.354 e. The summed E-state index contributed by atoms with van der Waals surface area (Å²) in [7, 11) is 3.98. The summed E-state index contributed by atoms with van der Waals surface area (Å²) >= 11 is 0. The van der Waals surface area contributed by atoms with Gasteiger partial charge in [-0.1, -0.05) is 0 Å². The maximum Gasteiger partial charge on any atom is 0.129 e. The van der Waals surface area contributed by atoms with Crippen LogP contribution in [0.1, 0.15) is 41.3 Å². The van der Waals surface area contributed by atoms with Gasteiger partial charge in [0.2, 0.25) is 0 Å². The molecule has 1 aromatic heterocycles. The van der Waals surface area contributed by atoms with Gasteiger partial charge in [0.1, 0.15) is 5.82 Å². The van der Waals surface area contributed by atoms with Gasteiger partial charge in [0, 0.05) is 58.1 Å². The van der Waals surface area contributed by atoms with E-state index in [1.54, 1.807) is 0 Å². The van der Waals surface area contributed by atoms with Crippen LogP contribution in [-0.2, 0) is 6.42 Å². The van der Waals surface area contributed by atoms with Gasteiger partial charge in [-0.05, 0) is 62.7 Å². The predicted molar refractivity (Wildman–Crippen MR) is 127 cm³/mol. The monoisotopic (exact) mass is 419 g/mol. The Morgan fingerprint density at radius 1 is 1.45 bits per heavy atom. The second kappa shape index (κ2) is 11.0. The van der Waals surface area contributed by atoms with E-state index in [0.29, 0.717) is 0 Å². The fourth-order valence-corrected chi connectivity index (χ4v) is 4.44. The van der Waals surface area contributed by atoms with E-state index >= 15 is 0 Å². The zero-order chi connectivity index (χ0) is 22.2. The summed E-state index contributed by atoms with van der Waals surface area (Å²) in [5.41, 5.74) is 5.73. The second-order valence-corrected chi connectivity index (χ2v) is 8.10. The van der Waals surface area contributed by atoms with Crippen LogP contribution in [-0.4, -0.2) is 74.0 Å². The average molecular weight is 420 g/mol. The molecule has 1 aromatic rings. The van der Waals surface area contributed by atoms with E-state index < -0.39 is 0 Å². The second-order valence-electron chi connectivity index (χ2n) is 8.10. The highest BCUT2D eigenvalue weighted by Gasteiger charge is 2.27. The lowest BCUT2D eigenvalue weighted by Crippen LogP contribution is -2.42. The maximum absolute atomic E-state index is 8.85. The first-order valence-electron chi connectivity index (χ1n) is 10.9. The van der Waals surface area contributed by atoms with Crippen LogP contribution in [0.2, 0.25) is 0 Å². The van der Waals surface area contributed by atoms with Crippen molar-refractivity contribution in [2.24, 2.45) is 9.98 Å². The Hall–Kier alpha value is -2.82. The molecule has 31 heavy (non-hydrogen) atoms. The number of rotatable bonds is 7. The summed E-state index contributed by atoms with van der Waals surface area (Å²) in [5, 5.41) is 12.2. The highest BCUT2D eigenvalue weighted by atomic mass is 15.2. The molecule has 164 valence electrons. The van der Waals surface area contributed by atoms with Gasteiger partial charge in [-0.25, -0.2) is 4.99 Å². The summed E-state index contributed by atoms with van der Waals surface area (Å²) in [6, 6.07) is 2.32. The van der Waals surface area contributed by atoms with Crippen LogP contribution < -0.4 is 5.32 Å². The number of hydrogen-bond donors (Lipinski definition) is 1. The smallest absolute Gasteiger partial charge is 0.129 e. The number of aromatic nitrogens is 1. The molecule has 0 bridgehead atoms. The molecular formula is C24H33N7. The third kappa shape index (κ3) is 5.46. The highest BCUT2D eigenvalue weighted by Crippen LogP contribution is 2.35. The van der Waals surface area contributed by atoms with Gasteiger partial charge in [0.25, 0.3) is 0 Å². The summed E-state index contributed by atoms with van der Waals surface area (Å²) in [4.78, 5) is 18.2. The molecule has 0 amide bonds. The number of nitrogens with one attached hydrogen (secondary N) is 1. The van der Waals surface area contributed by atoms with Crippen molar-refractivity contribution in [2.75, 3.05) is 46.8 Å². The Kier molecular flexibility index (Phi) is 8.10. The van der Waals surface area contributed by atoms with Crippen LogP contribution in [0.15, 0.2) is 34.2 Å². The highest BCUT2D eigenvalue weighted by molar-refractivity contribution is 5.97. The summed E-state index contributed by atoms with van der Waals surface area (Å²) in [6.45, 7) is 10.4. The molecule has 1 N–H and O–H groups in total. The molecule has 1 fully saturated rings. The van der Waals surface area contributed by atoms with E-state index in [2.05, 4.69) is 57.9 Å². The fraction of sp³-hybridized carbons (Fsp3) is 0.500. The first-order valence-corrected chi connectivity index (χ1v) is 10.9. The van der Waals surface area contributed by atoms with Crippen molar-refractivity contribution in [1.82, 2.24) is 20.1 Å². The maximum atomic E-state index is 8.85. The Morgan fingerprint density at radius 3 is 2.90 bits per heavy atom. The minimum absolute atomic E-state index is 0.251. The number of aliphatic imine (C=N–C) groups is 2. The van der Waals surface area contributed by atoms with Gasteiger partial charge >= 0.3 is 0 Å². The number of piperazine rings is 1. The Labute approximate surface area is 185 Å². The molecule has 3 rings (SSSR count). The third-order valence-electron chi connectivity index (χ3n) is 6.22. The zero-order valence-electron chi connectivity index (χ0n) is 18.9. The number of fused-ring (bicyclic) bond motifs is 1. The third-order valence-corrected chi connectivity index (χ3v) is 6.22. The van der Waals surface area contributed by atoms with Gasteiger partial charge in [0.15, 0.2) is 0 Å². The van der Waals surface area contributed by atoms with Crippen molar-refractivity contribution in [2.45, 2.75) is 32.2 Å². The van der Waals surface area contributed by atoms with E-state index in [9.17, 15) is 0 Å². The molecule has 0 saturated carbocycles. The SMILES string of the molecule is C=N/C(=C\C(CN(C)C1CCCc2c1ncc(/C=C/C#N)c2C)=N/C)N1CCNCC1. The molecule has 1 atom stereocenters. The molecule has 7 nitrogen and oxygen atoms in total. The standard InChI is InChI=1S/C24H33N7/c1-18-19(7-6-10-25)16-29-24-21(18)8-5-9-22(24)30(4)17-20(26-2)15-23(27-3)31-13-11-28-12-14-31/h6-7,15-16,22,28H,3,5,8-9,11-14,17H2,1-2,4H3/b7-6+,23-15+,26-20+. The molecule has 0 aromatic carbocycles. The summed E-state index contributed by atoms with van der Waals surface area (Å²) in [5.74, 6) is 0.891. The Morgan fingerprint density at radius 2 is 2.23 bits per heavy atom. The molecule has 1 aliphatic heterocycles. The number of nitriles is 1. The lowest BCUT2D eigenvalue weighted by atomic mass is 9.87. The summed E-state index contributed by atoms with van der Waals surface area (Å²) in [6.07, 6.45) is 10.6. The molecule has 1 aliphatic carbocycles. The molecule has 2 aliphatic rings. The van der Waals surface area contributed by atoms with Crippen LogP contribution >= 0.6 is 0 Å². The fourth-order valence-electron chi connectivity index (χ4n) is 4.44. The van der Waals surface area contributed by atoms with Crippen LogP contribution in [0, 0.1) is 18.3 Å². The molecule has 1 unspecified atom stereocenters. The van der Waals surface area contributed by atoms with E-state index in [1.807, 2.05) is 19.3 Å². The van der Waals surface area contributed by atoms with E-state index in [-0.39, 0.29) is 6.04 Å². The minimum Gasteiger partial charge on any atom is -0.354 e.